The van der Waals surface area contributed by atoms with Crippen LogP contribution >= 0.6 is 0 Å². The van der Waals surface area contributed by atoms with Crippen molar-refractivity contribution in [2.24, 2.45) is 0 Å². The molecule has 0 amide bonds. The van der Waals surface area contributed by atoms with Crippen molar-refractivity contribution in [3.63, 3.8) is 0 Å². The van der Waals surface area contributed by atoms with Gasteiger partial charge in [0.15, 0.2) is 0 Å². The van der Waals surface area contributed by atoms with Gasteiger partial charge in [0, 0.05) is 12.6 Å². The van der Waals surface area contributed by atoms with Crippen molar-refractivity contribution in [1.29, 1.82) is 0 Å². The van der Waals surface area contributed by atoms with Gasteiger partial charge in [-0.15, -0.1) is 0 Å². The molecule has 0 aliphatic carbocycles. The van der Waals surface area contributed by atoms with E-state index < -0.39 is 0 Å². The van der Waals surface area contributed by atoms with Gasteiger partial charge in [-0.1, -0.05) is 24.3 Å². The van der Waals surface area contributed by atoms with E-state index in [0.717, 1.165) is 32.6 Å². The summed E-state index contributed by atoms with van der Waals surface area (Å²) in [5.74, 6) is 0. The van der Waals surface area contributed by atoms with Gasteiger partial charge in [-0.05, 0) is 37.4 Å². The van der Waals surface area contributed by atoms with Gasteiger partial charge in [0.25, 0.3) is 0 Å². The van der Waals surface area contributed by atoms with Gasteiger partial charge in [0.05, 0.1) is 6.61 Å². The molecule has 0 spiro atoms. The van der Waals surface area contributed by atoms with E-state index in [1.807, 2.05) is 0 Å². The van der Waals surface area contributed by atoms with E-state index in [1.165, 1.54) is 11.1 Å². The van der Waals surface area contributed by atoms with Crippen molar-refractivity contribution in [3.05, 3.63) is 35.4 Å². The molecule has 1 atom stereocenters. The first-order valence-electron chi connectivity index (χ1n) is 5.72. The molecule has 1 heterocycles. The molecule has 2 nitrogen and oxygen atoms in total. The van der Waals surface area contributed by atoms with Crippen molar-refractivity contribution in [2.75, 3.05) is 19.8 Å². The quantitative estimate of drug-likeness (QED) is 0.811. The maximum atomic E-state index is 5.32. The fraction of sp³-hybridized carbons (Fsp3) is 0.538. The van der Waals surface area contributed by atoms with Crippen LogP contribution in [0.4, 0.5) is 0 Å². The molecule has 15 heavy (non-hydrogen) atoms. The Morgan fingerprint density at radius 1 is 1.40 bits per heavy atom. The summed E-state index contributed by atoms with van der Waals surface area (Å²) in [5, 5.41) is 3.53. The van der Waals surface area contributed by atoms with Crippen LogP contribution in [-0.2, 0) is 11.2 Å². The van der Waals surface area contributed by atoms with Gasteiger partial charge in [-0.2, -0.15) is 0 Å². The van der Waals surface area contributed by atoms with Crippen molar-refractivity contribution in [2.45, 2.75) is 25.8 Å². The van der Waals surface area contributed by atoms with Crippen LogP contribution in [-0.4, -0.2) is 25.8 Å². The zero-order valence-corrected chi connectivity index (χ0v) is 9.33. The molecule has 0 aromatic heterocycles. The van der Waals surface area contributed by atoms with Crippen molar-refractivity contribution in [3.8, 4) is 0 Å². The Labute approximate surface area is 91.6 Å². The van der Waals surface area contributed by atoms with Gasteiger partial charge in [-0.25, -0.2) is 0 Å². The molecular weight excluding hydrogens is 186 g/mol. The van der Waals surface area contributed by atoms with Crippen LogP contribution < -0.4 is 5.32 Å². The molecule has 1 fully saturated rings. The average molecular weight is 205 g/mol. The maximum Gasteiger partial charge on any atom is 0.0620 e. The van der Waals surface area contributed by atoms with Crippen LogP contribution in [0, 0.1) is 6.92 Å². The lowest BCUT2D eigenvalue weighted by atomic mass is 10.1. The molecule has 1 aromatic carbocycles. The molecular formula is C13H19NO. The van der Waals surface area contributed by atoms with Gasteiger partial charge < -0.3 is 10.1 Å². The summed E-state index contributed by atoms with van der Waals surface area (Å²) in [6.07, 6.45) is 2.27. The van der Waals surface area contributed by atoms with E-state index in [9.17, 15) is 0 Å². The highest BCUT2D eigenvalue weighted by Gasteiger charge is 2.13. The third-order valence-electron chi connectivity index (χ3n) is 3.02. The minimum atomic E-state index is 0.578. The molecule has 0 saturated carbocycles. The van der Waals surface area contributed by atoms with Gasteiger partial charge in [0.1, 0.15) is 0 Å². The van der Waals surface area contributed by atoms with Gasteiger partial charge in [-0.3, -0.25) is 0 Å². The molecule has 1 N–H and O–H groups in total. The van der Waals surface area contributed by atoms with Crippen molar-refractivity contribution in [1.82, 2.24) is 5.32 Å². The Hall–Kier alpha value is -0.860. The lowest BCUT2D eigenvalue weighted by Gasteiger charge is -2.11. The predicted octanol–water partition coefficient (Wildman–Crippen LogP) is 1.92. The number of rotatable bonds is 4. The number of ether oxygens (including phenoxy) is 1. The van der Waals surface area contributed by atoms with Crippen LogP contribution in [0.3, 0.4) is 0 Å². The lowest BCUT2D eigenvalue weighted by molar-refractivity contribution is 0.190. The number of nitrogens with one attached hydrogen (secondary N) is 1. The van der Waals surface area contributed by atoms with E-state index in [-0.39, 0.29) is 0 Å². The number of aryl methyl sites for hydroxylation is 1. The van der Waals surface area contributed by atoms with E-state index in [1.54, 1.807) is 0 Å². The first-order valence-corrected chi connectivity index (χ1v) is 5.72. The summed E-state index contributed by atoms with van der Waals surface area (Å²) in [7, 11) is 0. The number of hydrogen-bond donors (Lipinski definition) is 1. The Morgan fingerprint density at radius 2 is 2.27 bits per heavy atom. The fourth-order valence-electron chi connectivity index (χ4n) is 2.00. The second kappa shape index (κ2) is 5.29. The van der Waals surface area contributed by atoms with Gasteiger partial charge in [0.2, 0.25) is 0 Å². The van der Waals surface area contributed by atoms with E-state index in [2.05, 4.69) is 36.5 Å². The zero-order valence-electron chi connectivity index (χ0n) is 9.33. The smallest absolute Gasteiger partial charge is 0.0620 e. The Bertz CT molecular complexity index is 305. The second-order valence-electron chi connectivity index (χ2n) is 4.19. The van der Waals surface area contributed by atoms with E-state index >= 15 is 0 Å². The Balaban J connectivity index is 1.75. The third-order valence-corrected chi connectivity index (χ3v) is 3.02. The summed E-state index contributed by atoms with van der Waals surface area (Å²) < 4.78 is 5.32. The summed E-state index contributed by atoms with van der Waals surface area (Å²) in [6, 6.07) is 9.17. The van der Waals surface area contributed by atoms with Crippen LogP contribution in [0.5, 0.6) is 0 Å². The second-order valence-corrected chi connectivity index (χ2v) is 4.19. The third kappa shape index (κ3) is 3.05. The topological polar surface area (TPSA) is 21.3 Å². The lowest BCUT2D eigenvalue weighted by Crippen LogP contribution is -2.31. The molecule has 1 aliphatic rings. The standard InChI is InChI=1S/C13H19NO/c1-11-4-2-3-5-12(11)6-8-14-13-7-9-15-10-13/h2-5,13-14H,6-10H2,1H3. The van der Waals surface area contributed by atoms with Crippen LogP contribution in [0.25, 0.3) is 0 Å². The van der Waals surface area contributed by atoms with Crippen molar-refractivity contribution < 1.29 is 4.74 Å². The molecule has 2 heteroatoms. The summed E-state index contributed by atoms with van der Waals surface area (Å²) >= 11 is 0. The SMILES string of the molecule is Cc1ccccc1CCNC1CCOC1. The average Bonchev–Trinajstić information content (AvgIpc) is 2.74. The monoisotopic (exact) mass is 205 g/mol. The van der Waals surface area contributed by atoms with Gasteiger partial charge >= 0.3 is 0 Å². The summed E-state index contributed by atoms with van der Waals surface area (Å²) in [5.41, 5.74) is 2.84. The molecule has 82 valence electrons. The summed E-state index contributed by atoms with van der Waals surface area (Å²) in [4.78, 5) is 0. The number of hydrogen-bond acceptors (Lipinski definition) is 2. The maximum absolute atomic E-state index is 5.32. The largest absolute Gasteiger partial charge is 0.380 e. The highest BCUT2D eigenvalue weighted by molar-refractivity contribution is 5.25. The molecule has 1 aromatic rings. The molecule has 2 rings (SSSR count). The number of benzene rings is 1. The summed E-state index contributed by atoms with van der Waals surface area (Å²) in [6.45, 7) is 5.03. The van der Waals surface area contributed by atoms with E-state index in [4.69, 9.17) is 4.74 Å². The zero-order chi connectivity index (χ0) is 10.5. The Morgan fingerprint density at radius 3 is 3.00 bits per heavy atom. The van der Waals surface area contributed by atoms with Crippen LogP contribution in [0.2, 0.25) is 0 Å². The first kappa shape index (κ1) is 10.7. The van der Waals surface area contributed by atoms with Crippen LogP contribution in [0.1, 0.15) is 17.5 Å². The molecule has 1 aliphatic heterocycles. The molecule has 1 unspecified atom stereocenters. The highest BCUT2D eigenvalue weighted by Crippen LogP contribution is 2.08. The van der Waals surface area contributed by atoms with E-state index in [0.29, 0.717) is 6.04 Å². The normalized spacial score (nSPS) is 20.7. The molecule has 0 radical (unpaired) electrons. The van der Waals surface area contributed by atoms with Crippen LogP contribution in [0.15, 0.2) is 24.3 Å². The fourth-order valence-corrected chi connectivity index (χ4v) is 2.00. The first-order chi connectivity index (χ1) is 7.36. The predicted molar refractivity (Wildman–Crippen MR) is 62.1 cm³/mol. The minimum absolute atomic E-state index is 0.578. The Kier molecular flexibility index (Phi) is 3.75. The molecule has 0 bridgehead atoms. The minimum Gasteiger partial charge on any atom is -0.380 e. The van der Waals surface area contributed by atoms with Crippen molar-refractivity contribution >= 4 is 0 Å². The highest BCUT2D eigenvalue weighted by atomic mass is 16.5. The molecule has 1 saturated heterocycles.